The number of benzene rings is 1. The van der Waals surface area contributed by atoms with Crippen LogP contribution in [0.3, 0.4) is 0 Å². The highest BCUT2D eigenvalue weighted by Gasteiger charge is 2.43. The number of carboxylic acids is 1. The molecule has 5 heteroatoms. The van der Waals surface area contributed by atoms with E-state index in [1.54, 1.807) is 4.90 Å². The van der Waals surface area contributed by atoms with Crippen LogP contribution in [-0.4, -0.2) is 48.7 Å². The summed E-state index contributed by atoms with van der Waals surface area (Å²) in [6.45, 7) is 1.01. The predicted octanol–water partition coefficient (Wildman–Crippen LogP) is 2.06. The van der Waals surface area contributed by atoms with Crippen LogP contribution in [0.4, 0.5) is 0 Å². The number of hydrogen-bond acceptors (Lipinski definition) is 3. The number of aliphatic carboxylic acids is 1. The van der Waals surface area contributed by atoms with E-state index in [0.717, 1.165) is 18.4 Å². The molecule has 0 saturated carbocycles. The number of hydrogen-bond donors (Lipinski definition) is 1. The van der Waals surface area contributed by atoms with Crippen LogP contribution in [0.2, 0.25) is 0 Å². The minimum atomic E-state index is -0.972. The highest BCUT2D eigenvalue weighted by atomic mass is 16.5. The van der Waals surface area contributed by atoms with Crippen LogP contribution in [0.1, 0.15) is 36.0 Å². The number of carbonyl (C=O) groups excluding carboxylic acids is 1. The third-order valence-electron chi connectivity index (χ3n) is 5.32. The van der Waals surface area contributed by atoms with Gasteiger partial charge < -0.3 is 14.7 Å². The van der Waals surface area contributed by atoms with Crippen LogP contribution in [0.25, 0.3) is 0 Å². The number of aryl methyl sites for hydroxylation is 2. The average Bonchev–Trinajstić information content (AvgIpc) is 3.03. The molecule has 1 aliphatic heterocycles. The van der Waals surface area contributed by atoms with Crippen molar-refractivity contribution < 1.29 is 19.4 Å². The van der Waals surface area contributed by atoms with Crippen LogP contribution in [-0.2, 0) is 33.6 Å². The van der Waals surface area contributed by atoms with Gasteiger partial charge in [-0.05, 0) is 48.8 Å². The highest BCUT2D eigenvalue weighted by molar-refractivity contribution is 5.81. The summed E-state index contributed by atoms with van der Waals surface area (Å²) >= 11 is 0. The number of ether oxygens (including phenoxy) is 1. The molecule has 1 atom stereocenters. The standard InChI is InChI=1S/C19H25NO4/c1-24-13-19(18(22)23)8-3-9-20(12-19)17(21)11-14-6-7-15-4-2-5-16(15)10-14/h6-7,10H,2-5,8-9,11-13H2,1H3,(H,22,23). The van der Waals surface area contributed by atoms with Crippen molar-refractivity contribution in [1.29, 1.82) is 0 Å². The molecule has 0 aromatic heterocycles. The summed E-state index contributed by atoms with van der Waals surface area (Å²) in [5.74, 6) is -0.867. The second-order valence-electron chi connectivity index (χ2n) is 7.07. The fraction of sp³-hybridized carbons (Fsp3) is 0.579. The van der Waals surface area contributed by atoms with Crippen molar-refractivity contribution in [2.45, 2.75) is 38.5 Å². The summed E-state index contributed by atoms with van der Waals surface area (Å²) < 4.78 is 5.12. The van der Waals surface area contributed by atoms with Crippen molar-refractivity contribution in [2.75, 3.05) is 26.8 Å². The molecule has 1 fully saturated rings. The Morgan fingerprint density at radius 3 is 2.79 bits per heavy atom. The fourth-order valence-electron chi connectivity index (χ4n) is 4.00. The molecule has 3 rings (SSSR count). The maximum absolute atomic E-state index is 12.7. The van der Waals surface area contributed by atoms with Crippen LogP contribution in [0.5, 0.6) is 0 Å². The van der Waals surface area contributed by atoms with Crippen LogP contribution < -0.4 is 0 Å². The Balaban J connectivity index is 1.69. The number of carboxylic acid groups (broad SMARTS) is 1. The number of rotatable bonds is 5. The van der Waals surface area contributed by atoms with Crippen molar-refractivity contribution in [3.8, 4) is 0 Å². The van der Waals surface area contributed by atoms with Gasteiger partial charge in [-0.25, -0.2) is 0 Å². The van der Waals surface area contributed by atoms with E-state index in [4.69, 9.17) is 4.74 Å². The molecule has 2 aliphatic rings. The molecule has 1 heterocycles. The molecule has 0 radical (unpaired) electrons. The zero-order valence-electron chi connectivity index (χ0n) is 14.2. The van der Waals surface area contributed by atoms with Crippen molar-refractivity contribution >= 4 is 11.9 Å². The second-order valence-corrected chi connectivity index (χ2v) is 7.07. The topological polar surface area (TPSA) is 66.8 Å². The van der Waals surface area contributed by atoms with Crippen LogP contribution in [0.15, 0.2) is 18.2 Å². The molecular formula is C19H25NO4. The largest absolute Gasteiger partial charge is 0.481 e. The van der Waals surface area contributed by atoms with Gasteiger partial charge in [-0.2, -0.15) is 0 Å². The van der Waals surface area contributed by atoms with Gasteiger partial charge in [-0.15, -0.1) is 0 Å². The SMILES string of the molecule is COCC1(C(=O)O)CCCN(C(=O)Cc2ccc3c(c2)CCC3)C1. The summed E-state index contributed by atoms with van der Waals surface area (Å²) in [6.07, 6.45) is 5.02. The Morgan fingerprint density at radius 2 is 2.04 bits per heavy atom. The zero-order chi connectivity index (χ0) is 17.2. The molecule has 1 aromatic carbocycles. The first-order valence-corrected chi connectivity index (χ1v) is 8.65. The fourth-order valence-corrected chi connectivity index (χ4v) is 4.00. The number of methoxy groups -OCH3 is 1. The minimum Gasteiger partial charge on any atom is -0.481 e. The summed E-state index contributed by atoms with van der Waals surface area (Å²) in [5.41, 5.74) is 2.81. The molecule has 0 bridgehead atoms. The van der Waals surface area contributed by atoms with Gasteiger partial charge in [0.1, 0.15) is 5.41 Å². The van der Waals surface area contributed by atoms with Gasteiger partial charge in [0.15, 0.2) is 0 Å². The Labute approximate surface area is 142 Å². The Kier molecular flexibility index (Phi) is 4.90. The molecular weight excluding hydrogens is 306 g/mol. The smallest absolute Gasteiger partial charge is 0.313 e. The molecule has 0 spiro atoms. The lowest BCUT2D eigenvalue weighted by Gasteiger charge is -2.39. The van der Waals surface area contributed by atoms with Crippen molar-refractivity contribution in [1.82, 2.24) is 4.90 Å². The Morgan fingerprint density at radius 1 is 1.25 bits per heavy atom. The van der Waals surface area contributed by atoms with Gasteiger partial charge in [0.2, 0.25) is 5.91 Å². The molecule has 1 saturated heterocycles. The monoisotopic (exact) mass is 331 g/mol. The van der Waals surface area contributed by atoms with Gasteiger partial charge in [-0.1, -0.05) is 18.2 Å². The minimum absolute atomic E-state index is 0.00868. The molecule has 1 aliphatic carbocycles. The van der Waals surface area contributed by atoms with Gasteiger partial charge in [-0.3, -0.25) is 9.59 Å². The van der Waals surface area contributed by atoms with E-state index >= 15 is 0 Å². The third-order valence-corrected chi connectivity index (χ3v) is 5.32. The summed E-state index contributed by atoms with van der Waals surface area (Å²) in [7, 11) is 1.51. The van der Waals surface area contributed by atoms with Crippen molar-refractivity contribution in [3.05, 3.63) is 34.9 Å². The second kappa shape index (κ2) is 6.93. The van der Waals surface area contributed by atoms with Crippen molar-refractivity contribution in [3.63, 3.8) is 0 Å². The van der Waals surface area contributed by atoms with Crippen LogP contribution in [0, 0.1) is 5.41 Å². The van der Waals surface area contributed by atoms with E-state index in [-0.39, 0.29) is 19.1 Å². The molecule has 1 aromatic rings. The summed E-state index contributed by atoms with van der Waals surface area (Å²) in [6, 6.07) is 6.31. The first-order chi connectivity index (χ1) is 11.5. The summed E-state index contributed by atoms with van der Waals surface area (Å²) in [5, 5.41) is 9.60. The van der Waals surface area contributed by atoms with Gasteiger partial charge in [0.05, 0.1) is 13.0 Å². The predicted molar refractivity (Wildman–Crippen MR) is 89.9 cm³/mol. The lowest BCUT2D eigenvalue weighted by Crippen LogP contribution is -2.52. The van der Waals surface area contributed by atoms with Crippen molar-refractivity contribution in [2.24, 2.45) is 5.41 Å². The average molecular weight is 331 g/mol. The van der Waals surface area contributed by atoms with E-state index in [2.05, 4.69) is 12.1 Å². The van der Waals surface area contributed by atoms with Crippen LogP contribution >= 0.6 is 0 Å². The zero-order valence-corrected chi connectivity index (χ0v) is 14.2. The third kappa shape index (κ3) is 3.31. The van der Waals surface area contributed by atoms with E-state index in [1.165, 1.54) is 24.7 Å². The maximum atomic E-state index is 12.7. The first kappa shape index (κ1) is 17.0. The number of likely N-dealkylation sites (tertiary alicyclic amines) is 1. The molecule has 130 valence electrons. The Hall–Kier alpha value is -1.88. The number of nitrogens with zero attached hydrogens (tertiary/aromatic N) is 1. The maximum Gasteiger partial charge on any atom is 0.313 e. The normalized spacial score (nSPS) is 23.1. The van der Waals surface area contributed by atoms with E-state index in [0.29, 0.717) is 25.8 Å². The van der Waals surface area contributed by atoms with Gasteiger partial charge >= 0.3 is 5.97 Å². The molecule has 5 nitrogen and oxygen atoms in total. The van der Waals surface area contributed by atoms with E-state index < -0.39 is 11.4 Å². The number of carbonyl (C=O) groups is 2. The Bertz CT molecular complexity index is 638. The summed E-state index contributed by atoms with van der Waals surface area (Å²) in [4.78, 5) is 26.1. The first-order valence-electron chi connectivity index (χ1n) is 8.65. The number of fused-ring (bicyclic) bond motifs is 1. The number of piperidine rings is 1. The van der Waals surface area contributed by atoms with Gasteiger partial charge in [0, 0.05) is 20.2 Å². The lowest BCUT2D eigenvalue weighted by atomic mass is 9.80. The highest BCUT2D eigenvalue weighted by Crippen LogP contribution is 2.31. The molecule has 1 unspecified atom stereocenters. The molecule has 1 N–H and O–H groups in total. The molecule has 1 amide bonds. The van der Waals surface area contributed by atoms with E-state index in [1.807, 2.05) is 6.07 Å². The quantitative estimate of drug-likeness (QED) is 0.897. The molecule has 24 heavy (non-hydrogen) atoms. The van der Waals surface area contributed by atoms with Gasteiger partial charge in [0.25, 0.3) is 0 Å². The lowest BCUT2D eigenvalue weighted by molar-refractivity contribution is -0.159. The number of amides is 1. The van der Waals surface area contributed by atoms with E-state index in [9.17, 15) is 14.7 Å².